The molecule has 4 nitrogen and oxygen atoms in total. The van der Waals surface area contributed by atoms with Gasteiger partial charge in [0.15, 0.2) is 0 Å². The number of halogens is 1. The maximum Gasteiger partial charge on any atom is 0.299 e. The third-order valence-corrected chi connectivity index (χ3v) is 4.55. The number of rotatable bonds is 4. The molecular formula is C20H20ClNO3. The molecule has 1 heterocycles. The van der Waals surface area contributed by atoms with E-state index in [-0.39, 0.29) is 18.6 Å². The van der Waals surface area contributed by atoms with Crippen LogP contribution in [0.3, 0.4) is 0 Å². The minimum absolute atomic E-state index is 0.0846. The maximum absolute atomic E-state index is 12.2. The number of nitrogens with zero attached hydrogens (tertiary/aromatic N) is 1. The highest BCUT2D eigenvalue weighted by molar-refractivity contribution is 6.54. The van der Waals surface area contributed by atoms with E-state index in [9.17, 15) is 9.59 Å². The first-order valence-electron chi connectivity index (χ1n) is 8.17. The Morgan fingerprint density at radius 1 is 1.04 bits per heavy atom. The first-order valence-corrected chi connectivity index (χ1v) is 8.55. The van der Waals surface area contributed by atoms with Gasteiger partial charge in [0, 0.05) is 0 Å². The van der Waals surface area contributed by atoms with Gasteiger partial charge in [-0.05, 0) is 35.2 Å². The lowest BCUT2D eigenvalue weighted by atomic mass is 9.87. The molecule has 130 valence electrons. The Hall–Kier alpha value is -2.33. The summed E-state index contributed by atoms with van der Waals surface area (Å²) in [7, 11) is 0. The Balaban J connectivity index is 1.67. The number of fused-ring (bicyclic) bond motifs is 1. The quantitative estimate of drug-likeness (QED) is 0.768. The molecule has 2 aromatic rings. The molecule has 0 fully saturated rings. The second-order valence-corrected chi connectivity index (χ2v) is 7.45. The third-order valence-electron chi connectivity index (χ3n) is 4.24. The van der Waals surface area contributed by atoms with Crippen molar-refractivity contribution in [2.24, 2.45) is 0 Å². The van der Waals surface area contributed by atoms with E-state index >= 15 is 0 Å². The van der Waals surface area contributed by atoms with Crippen LogP contribution in [0.5, 0.6) is 5.75 Å². The van der Waals surface area contributed by atoms with Crippen molar-refractivity contribution in [1.82, 2.24) is 0 Å². The summed E-state index contributed by atoms with van der Waals surface area (Å²) in [4.78, 5) is 25.6. The Bertz CT molecular complexity index is 822. The van der Waals surface area contributed by atoms with Gasteiger partial charge in [0.2, 0.25) is 0 Å². The molecule has 0 unspecified atom stereocenters. The highest BCUT2D eigenvalue weighted by atomic mass is 35.5. The zero-order valence-electron chi connectivity index (χ0n) is 14.5. The van der Waals surface area contributed by atoms with Crippen LogP contribution in [-0.4, -0.2) is 24.8 Å². The average molecular weight is 358 g/mol. The summed E-state index contributed by atoms with van der Waals surface area (Å²) in [6.45, 7) is 7.00. The van der Waals surface area contributed by atoms with Crippen LogP contribution < -0.4 is 9.64 Å². The van der Waals surface area contributed by atoms with Crippen LogP contribution in [0.25, 0.3) is 0 Å². The number of para-hydroxylation sites is 1. The SMILES string of the molecule is CC(C)(C)c1ccc(OCCN2C(=O)C(=O)c3cccc(Cl)c32)cc1. The Labute approximate surface area is 152 Å². The molecule has 0 saturated carbocycles. The van der Waals surface area contributed by atoms with Gasteiger partial charge in [-0.25, -0.2) is 0 Å². The van der Waals surface area contributed by atoms with E-state index in [1.807, 2.05) is 24.3 Å². The monoisotopic (exact) mass is 357 g/mol. The molecule has 1 amide bonds. The average Bonchev–Trinajstić information content (AvgIpc) is 2.81. The predicted molar refractivity (Wildman–Crippen MR) is 98.8 cm³/mol. The van der Waals surface area contributed by atoms with Gasteiger partial charge in [0.05, 0.1) is 22.8 Å². The van der Waals surface area contributed by atoms with E-state index in [0.717, 1.165) is 5.75 Å². The van der Waals surface area contributed by atoms with E-state index < -0.39 is 11.7 Å². The molecule has 2 aromatic carbocycles. The lowest BCUT2D eigenvalue weighted by Gasteiger charge is -2.20. The van der Waals surface area contributed by atoms with E-state index in [2.05, 4.69) is 20.8 Å². The Morgan fingerprint density at radius 3 is 2.36 bits per heavy atom. The molecule has 0 radical (unpaired) electrons. The third kappa shape index (κ3) is 3.40. The minimum atomic E-state index is -0.560. The number of amides is 1. The summed E-state index contributed by atoms with van der Waals surface area (Å²) in [6, 6.07) is 12.9. The fraction of sp³-hybridized carbons (Fsp3) is 0.300. The van der Waals surface area contributed by atoms with Crippen molar-refractivity contribution in [3.05, 3.63) is 58.6 Å². The number of hydrogen-bond acceptors (Lipinski definition) is 3. The van der Waals surface area contributed by atoms with Crippen LogP contribution in [0.1, 0.15) is 36.7 Å². The van der Waals surface area contributed by atoms with Crippen LogP contribution >= 0.6 is 11.6 Å². The highest BCUT2D eigenvalue weighted by Crippen LogP contribution is 2.35. The number of carbonyl (C=O) groups is 2. The van der Waals surface area contributed by atoms with Gasteiger partial charge in [-0.1, -0.05) is 50.6 Å². The second kappa shape index (κ2) is 6.52. The molecule has 0 saturated heterocycles. The van der Waals surface area contributed by atoms with E-state index in [1.54, 1.807) is 18.2 Å². The van der Waals surface area contributed by atoms with Gasteiger partial charge in [-0.2, -0.15) is 0 Å². The summed E-state index contributed by atoms with van der Waals surface area (Å²) >= 11 is 6.16. The summed E-state index contributed by atoms with van der Waals surface area (Å²) in [5.74, 6) is -0.354. The summed E-state index contributed by atoms with van der Waals surface area (Å²) in [5.41, 5.74) is 2.14. The molecule has 0 N–H and O–H groups in total. The smallest absolute Gasteiger partial charge is 0.299 e. The minimum Gasteiger partial charge on any atom is -0.492 e. The Morgan fingerprint density at radius 2 is 1.72 bits per heavy atom. The number of benzene rings is 2. The molecule has 1 aliphatic rings. The van der Waals surface area contributed by atoms with Crippen LogP contribution in [0, 0.1) is 0 Å². The fourth-order valence-corrected chi connectivity index (χ4v) is 3.11. The van der Waals surface area contributed by atoms with Gasteiger partial charge in [0.25, 0.3) is 11.7 Å². The molecule has 3 rings (SSSR count). The van der Waals surface area contributed by atoms with Gasteiger partial charge in [-0.3, -0.25) is 14.5 Å². The van der Waals surface area contributed by atoms with Gasteiger partial charge in [-0.15, -0.1) is 0 Å². The van der Waals surface area contributed by atoms with Crippen molar-refractivity contribution in [2.45, 2.75) is 26.2 Å². The normalized spacial score (nSPS) is 14.0. The van der Waals surface area contributed by atoms with Gasteiger partial charge >= 0.3 is 0 Å². The largest absolute Gasteiger partial charge is 0.492 e. The van der Waals surface area contributed by atoms with Crippen molar-refractivity contribution >= 4 is 29.0 Å². The highest BCUT2D eigenvalue weighted by Gasteiger charge is 2.37. The van der Waals surface area contributed by atoms with Crippen molar-refractivity contribution < 1.29 is 14.3 Å². The zero-order chi connectivity index (χ0) is 18.2. The Kier molecular flexibility index (Phi) is 4.56. The summed E-state index contributed by atoms with van der Waals surface area (Å²) in [5, 5.41) is 0.395. The lowest BCUT2D eigenvalue weighted by molar-refractivity contribution is -0.114. The molecule has 0 bridgehead atoms. The predicted octanol–water partition coefficient (Wildman–Crippen LogP) is 4.25. The first-order chi connectivity index (χ1) is 11.8. The number of carbonyl (C=O) groups excluding carboxylic acids is 2. The van der Waals surface area contributed by atoms with Crippen LogP contribution in [0.4, 0.5) is 5.69 Å². The fourth-order valence-electron chi connectivity index (χ4n) is 2.83. The van der Waals surface area contributed by atoms with Gasteiger partial charge in [0.1, 0.15) is 12.4 Å². The summed E-state index contributed by atoms with van der Waals surface area (Å²) in [6.07, 6.45) is 0. The molecule has 0 spiro atoms. The van der Waals surface area contributed by atoms with Crippen LogP contribution in [-0.2, 0) is 10.2 Å². The molecule has 0 aromatic heterocycles. The second-order valence-electron chi connectivity index (χ2n) is 7.04. The molecule has 0 atom stereocenters. The number of ether oxygens (including phenoxy) is 1. The number of Topliss-reactive ketones (excluding diaryl/α,β-unsaturated/α-hetero) is 1. The molecule has 5 heteroatoms. The zero-order valence-corrected chi connectivity index (χ0v) is 15.3. The van der Waals surface area contributed by atoms with Crippen molar-refractivity contribution in [3.8, 4) is 5.75 Å². The van der Waals surface area contributed by atoms with Crippen LogP contribution in [0.2, 0.25) is 5.02 Å². The van der Waals surface area contributed by atoms with E-state index in [1.165, 1.54) is 10.5 Å². The van der Waals surface area contributed by atoms with Crippen molar-refractivity contribution in [3.63, 3.8) is 0 Å². The first kappa shape index (κ1) is 17.5. The number of hydrogen-bond donors (Lipinski definition) is 0. The number of anilines is 1. The van der Waals surface area contributed by atoms with Crippen LogP contribution in [0.15, 0.2) is 42.5 Å². The molecule has 25 heavy (non-hydrogen) atoms. The topological polar surface area (TPSA) is 46.6 Å². The van der Waals surface area contributed by atoms with Crippen molar-refractivity contribution in [1.29, 1.82) is 0 Å². The van der Waals surface area contributed by atoms with E-state index in [4.69, 9.17) is 16.3 Å². The number of ketones is 1. The lowest BCUT2D eigenvalue weighted by Crippen LogP contribution is -2.33. The molecule has 0 aliphatic carbocycles. The van der Waals surface area contributed by atoms with Crippen molar-refractivity contribution in [2.75, 3.05) is 18.1 Å². The van der Waals surface area contributed by atoms with Gasteiger partial charge < -0.3 is 4.74 Å². The van der Waals surface area contributed by atoms with E-state index in [0.29, 0.717) is 16.3 Å². The maximum atomic E-state index is 12.2. The molecular weight excluding hydrogens is 338 g/mol. The standard InChI is InChI=1S/C20H20ClNO3/c1-20(2,3)13-7-9-14(10-8-13)25-12-11-22-17-15(18(23)19(22)24)5-4-6-16(17)21/h4-10H,11-12H2,1-3H3. The molecule has 1 aliphatic heterocycles. The summed E-state index contributed by atoms with van der Waals surface area (Å²) < 4.78 is 5.73.